The molecular formula is C10H13N3O. The predicted octanol–water partition coefficient (Wildman–Crippen LogP) is 0.196. The van der Waals surface area contributed by atoms with E-state index in [4.69, 9.17) is 5.73 Å². The van der Waals surface area contributed by atoms with Gasteiger partial charge in [-0.05, 0) is 12.1 Å². The fourth-order valence-corrected chi connectivity index (χ4v) is 1.46. The van der Waals surface area contributed by atoms with Crippen molar-refractivity contribution < 1.29 is 5.11 Å². The molecule has 2 heterocycles. The smallest absolute Gasteiger partial charge is 0.136 e. The topological polar surface area (TPSA) is 63.5 Å². The number of aliphatic hydroxyl groups is 1. The molecule has 0 bridgehead atoms. The second-order valence-electron chi connectivity index (χ2n) is 3.27. The van der Waals surface area contributed by atoms with Gasteiger partial charge in [-0.3, -0.25) is 0 Å². The maximum atomic E-state index is 9.42. The van der Waals surface area contributed by atoms with Gasteiger partial charge in [-0.2, -0.15) is 0 Å². The molecule has 4 nitrogen and oxygen atoms in total. The standard InChI is InChI=1S/C10H13N3O/c11-6-9(14)5-8-7-12-10-3-1-2-4-13(8)10/h1-4,7,9,14H,5-6,11H2. The Labute approximate surface area is 82.0 Å². The molecule has 2 aromatic rings. The van der Waals surface area contributed by atoms with Gasteiger partial charge in [0.1, 0.15) is 5.65 Å². The lowest BCUT2D eigenvalue weighted by atomic mass is 10.2. The number of imidazole rings is 1. The number of hydrogen-bond acceptors (Lipinski definition) is 3. The lowest BCUT2D eigenvalue weighted by molar-refractivity contribution is 0.182. The minimum atomic E-state index is -0.491. The third kappa shape index (κ3) is 1.62. The second kappa shape index (κ2) is 3.77. The summed E-state index contributed by atoms with van der Waals surface area (Å²) in [6, 6.07) is 5.80. The fraction of sp³-hybridized carbons (Fsp3) is 0.300. The summed E-state index contributed by atoms with van der Waals surface area (Å²) in [5.41, 5.74) is 7.23. The molecule has 74 valence electrons. The molecule has 0 aliphatic carbocycles. The maximum Gasteiger partial charge on any atom is 0.136 e. The van der Waals surface area contributed by atoms with Crippen molar-refractivity contribution in [1.29, 1.82) is 0 Å². The number of rotatable bonds is 3. The van der Waals surface area contributed by atoms with Gasteiger partial charge < -0.3 is 15.2 Å². The van der Waals surface area contributed by atoms with Crippen LogP contribution in [0.2, 0.25) is 0 Å². The van der Waals surface area contributed by atoms with Crippen molar-refractivity contribution in [2.24, 2.45) is 5.73 Å². The van der Waals surface area contributed by atoms with Gasteiger partial charge in [0.2, 0.25) is 0 Å². The molecule has 0 saturated heterocycles. The lowest BCUT2D eigenvalue weighted by Gasteiger charge is -2.06. The van der Waals surface area contributed by atoms with Crippen LogP contribution < -0.4 is 5.73 Å². The molecule has 14 heavy (non-hydrogen) atoms. The molecule has 1 atom stereocenters. The fourth-order valence-electron chi connectivity index (χ4n) is 1.46. The minimum Gasteiger partial charge on any atom is -0.391 e. The highest BCUT2D eigenvalue weighted by atomic mass is 16.3. The maximum absolute atomic E-state index is 9.42. The highest BCUT2D eigenvalue weighted by Gasteiger charge is 2.07. The Morgan fingerprint density at radius 2 is 2.36 bits per heavy atom. The Balaban J connectivity index is 2.33. The normalized spacial score (nSPS) is 13.3. The number of fused-ring (bicyclic) bond motifs is 1. The Morgan fingerprint density at radius 1 is 1.50 bits per heavy atom. The molecule has 0 aliphatic heterocycles. The van der Waals surface area contributed by atoms with Crippen LogP contribution in [-0.4, -0.2) is 27.1 Å². The summed E-state index contributed by atoms with van der Waals surface area (Å²) in [4.78, 5) is 4.22. The summed E-state index contributed by atoms with van der Waals surface area (Å²) in [5, 5.41) is 9.42. The predicted molar refractivity (Wildman–Crippen MR) is 54.0 cm³/mol. The van der Waals surface area contributed by atoms with Gasteiger partial charge in [0.05, 0.1) is 6.10 Å². The van der Waals surface area contributed by atoms with Crippen molar-refractivity contribution in [1.82, 2.24) is 9.38 Å². The van der Waals surface area contributed by atoms with Crippen molar-refractivity contribution in [3.8, 4) is 0 Å². The van der Waals surface area contributed by atoms with Gasteiger partial charge in [0, 0.05) is 31.1 Å². The van der Waals surface area contributed by atoms with Gasteiger partial charge in [-0.25, -0.2) is 4.98 Å². The molecule has 2 aromatic heterocycles. The third-order valence-electron chi connectivity index (χ3n) is 2.21. The Hall–Kier alpha value is -1.39. The molecule has 1 unspecified atom stereocenters. The van der Waals surface area contributed by atoms with E-state index in [1.807, 2.05) is 28.8 Å². The van der Waals surface area contributed by atoms with E-state index < -0.39 is 6.10 Å². The van der Waals surface area contributed by atoms with Crippen molar-refractivity contribution in [3.05, 3.63) is 36.3 Å². The summed E-state index contributed by atoms with van der Waals surface area (Å²) < 4.78 is 1.96. The molecule has 0 amide bonds. The Kier molecular flexibility index (Phi) is 2.47. The highest BCUT2D eigenvalue weighted by Crippen LogP contribution is 2.07. The number of nitrogens with two attached hydrogens (primary N) is 1. The zero-order chi connectivity index (χ0) is 9.97. The average Bonchev–Trinajstić information content (AvgIpc) is 2.62. The SMILES string of the molecule is NCC(O)Cc1cnc2ccccn12. The average molecular weight is 191 g/mol. The van der Waals surface area contributed by atoms with Gasteiger partial charge in [-0.15, -0.1) is 0 Å². The van der Waals surface area contributed by atoms with Crippen LogP contribution >= 0.6 is 0 Å². The van der Waals surface area contributed by atoms with Gasteiger partial charge in [0.25, 0.3) is 0 Å². The van der Waals surface area contributed by atoms with E-state index in [0.29, 0.717) is 6.42 Å². The molecular weight excluding hydrogens is 178 g/mol. The molecule has 0 spiro atoms. The van der Waals surface area contributed by atoms with E-state index in [1.54, 1.807) is 6.20 Å². The van der Waals surface area contributed by atoms with Crippen LogP contribution in [0.25, 0.3) is 5.65 Å². The highest BCUT2D eigenvalue weighted by molar-refractivity contribution is 5.39. The summed E-state index contributed by atoms with van der Waals surface area (Å²) in [7, 11) is 0. The number of pyridine rings is 1. The quantitative estimate of drug-likeness (QED) is 0.728. The monoisotopic (exact) mass is 191 g/mol. The van der Waals surface area contributed by atoms with E-state index in [-0.39, 0.29) is 6.54 Å². The first-order valence-electron chi connectivity index (χ1n) is 4.60. The van der Waals surface area contributed by atoms with Crippen molar-refractivity contribution in [3.63, 3.8) is 0 Å². The molecule has 0 saturated carbocycles. The number of hydrogen-bond donors (Lipinski definition) is 2. The second-order valence-corrected chi connectivity index (χ2v) is 3.27. The van der Waals surface area contributed by atoms with Crippen molar-refractivity contribution in [2.75, 3.05) is 6.54 Å². The van der Waals surface area contributed by atoms with E-state index in [1.165, 1.54) is 0 Å². The number of aromatic nitrogens is 2. The summed E-state index contributed by atoms with van der Waals surface area (Å²) in [6.45, 7) is 0.278. The van der Waals surface area contributed by atoms with Crippen LogP contribution in [0.15, 0.2) is 30.6 Å². The first-order chi connectivity index (χ1) is 6.81. The van der Waals surface area contributed by atoms with Crippen molar-refractivity contribution in [2.45, 2.75) is 12.5 Å². The number of nitrogens with zero attached hydrogens (tertiary/aromatic N) is 2. The number of aliphatic hydroxyl groups excluding tert-OH is 1. The third-order valence-corrected chi connectivity index (χ3v) is 2.21. The van der Waals surface area contributed by atoms with Crippen molar-refractivity contribution >= 4 is 5.65 Å². The first kappa shape index (κ1) is 9.18. The van der Waals surface area contributed by atoms with Crippen LogP contribution in [-0.2, 0) is 6.42 Å². The molecule has 3 N–H and O–H groups in total. The minimum absolute atomic E-state index is 0.278. The lowest BCUT2D eigenvalue weighted by Crippen LogP contribution is -2.22. The van der Waals surface area contributed by atoms with Gasteiger partial charge in [-0.1, -0.05) is 6.07 Å². The van der Waals surface area contributed by atoms with Gasteiger partial charge in [0.15, 0.2) is 0 Å². The summed E-state index contributed by atoms with van der Waals surface area (Å²) in [6.07, 6.45) is 3.76. The van der Waals surface area contributed by atoms with E-state index >= 15 is 0 Å². The van der Waals surface area contributed by atoms with Crippen LogP contribution in [0.1, 0.15) is 5.69 Å². The zero-order valence-electron chi connectivity index (χ0n) is 7.80. The van der Waals surface area contributed by atoms with E-state index in [9.17, 15) is 5.11 Å². The zero-order valence-corrected chi connectivity index (χ0v) is 7.80. The molecule has 0 radical (unpaired) electrons. The Bertz CT molecular complexity index is 424. The summed E-state index contributed by atoms with van der Waals surface area (Å²) >= 11 is 0. The molecule has 0 aliphatic rings. The molecule has 2 rings (SSSR count). The van der Waals surface area contributed by atoms with Crippen LogP contribution in [0.4, 0.5) is 0 Å². The van der Waals surface area contributed by atoms with E-state index in [0.717, 1.165) is 11.3 Å². The molecule has 0 aromatic carbocycles. The Morgan fingerprint density at radius 3 is 3.14 bits per heavy atom. The summed E-state index contributed by atoms with van der Waals surface area (Å²) in [5.74, 6) is 0. The molecule has 0 fully saturated rings. The van der Waals surface area contributed by atoms with Crippen LogP contribution in [0.5, 0.6) is 0 Å². The van der Waals surface area contributed by atoms with Crippen LogP contribution in [0.3, 0.4) is 0 Å². The van der Waals surface area contributed by atoms with Crippen LogP contribution in [0, 0.1) is 0 Å². The molecule has 4 heteroatoms. The van der Waals surface area contributed by atoms with E-state index in [2.05, 4.69) is 4.98 Å². The first-order valence-corrected chi connectivity index (χ1v) is 4.60. The van der Waals surface area contributed by atoms with Gasteiger partial charge >= 0.3 is 0 Å². The largest absolute Gasteiger partial charge is 0.391 e.